The SMILES string of the molecule is CC1(c2cc(NC(=O)c3ccc(Cl)cn3)ccc2F)CS(=O)(=O)C2(CCCC2)C(N)=N1. The van der Waals surface area contributed by atoms with Crippen molar-refractivity contribution >= 4 is 38.9 Å². The lowest BCUT2D eigenvalue weighted by molar-refractivity contribution is 0.102. The number of carbonyl (C=O) groups excluding carboxylic acids is 1. The van der Waals surface area contributed by atoms with E-state index < -0.39 is 31.8 Å². The first-order valence-corrected chi connectivity index (χ1v) is 11.9. The van der Waals surface area contributed by atoms with E-state index in [4.69, 9.17) is 17.3 Å². The van der Waals surface area contributed by atoms with E-state index in [-0.39, 0.29) is 28.5 Å². The van der Waals surface area contributed by atoms with Gasteiger partial charge in [-0.05, 0) is 50.1 Å². The topological polar surface area (TPSA) is 115 Å². The van der Waals surface area contributed by atoms with Crippen molar-refractivity contribution < 1.29 is 17.6 Å². The first kappa shape index (κ1) is 21.7. The van der Waals surface area contributed by atoms with E-state index in [1.165, 1.54) is 36.5 Å². The molecule has 164 valence electrons. The molecule has 1 amide bonds. The molecule has 1 aromatic carbocycles. The van der Waals surface area contributed by atoms with Crippen LogP contribution in [0.2, 0.25) is 5.02 Å². The van der Waals surface area contributed by atoms with Crippen molar-refractivity contribution in [1.82, 2.24) is 4.98 Å². The number of hydrogen-bond donors (Lipinski definition) is 2. The van der Waals surface area contributed by atoms with Gasteiger partial charge < -0.3 is 11.1 Å². The van der Waals surface area contributed by atoms with Crippen LogP contribution in [0.4, 0.5) is 10.1 Å². The van der Waals surface area contributed by atoms with Gasteiger partial charge in [0.2, 0.25) is 0 Å². The van der Waals surface area contributed by atoms with Crippen LogP contribution >= 0.6 is 11.6 Å². The maximum atomic E-state index is 14.8. The Balaban J connectivity index is 1.69. The smallest absolute Gasteiger partial charge is 0.274 e. The third kappa shape index (κ3) is 3.70. The summed E-state index contributed by atoms with van der Waals surface area (Å²) in [7, 11) is -3.66. The zero-order valence-electron chi connectivity index (χ0n) is 16.9. The summed E-state index contributed by atoms with van der Waals surface area (Å²) in [5.74, 6) is -1.45. The van der Waals surface area contributed by atoms with Crippen LogP contribution < -0.4 is 11.1 Å². The van der Waals surface area contributed by atoms with Crippen LogP contribution in [0.1, 0.15) is 48.7 Å². The second-order valence-electron chi connectivity index (χ2n) is 8.24. The van der Waals surface area contributed by atoms with Crippen molar-refractivity contribution in [3.05, 3.63) is 58.6 Å². The van der Waals surface area contributed by atoms with E-state index in [2.05, 4.69) is 15.3 Å². The highest BCUT2D eigenvalue weighted by Crippen LogP contribution is 2.45. The third-order valence-corrected chi connectivity index (χ3v) is 9.05. The number of halogens is 2. The number of hydrogen-bond acceptors (Lipinski definition) is 6. The highest BCUT2D eigenvalue weighted by Gasteiger charge is 2.56. The van der Waals surface area contributed by atoms with Crippen LogP contribution in [0.5, 0.6) is 0 Å². The van der Waals surface area contributed by atoms with E-state index in [1.54, 1.807) is 6.92 Å². The molecule has 31 heavy (non-hydrogen) atoms. The lowest BCUT2D eigenvalue weighted by atomic mass is 9.92. The fraction of sp³-hybridized carbons (Fsp3) is 0.381. The molecule has 0 radical (unpaired) electrons. The Bertz CT molecular complexity index is 1180. The van der Waals surface area contributed by atoms with Gasteiger partial charge in [0.1, 0.15) is 27.6 Å². The highest BCUT2D eigenvalue weighted by molar-refractivity contribution is 7.93. The predicted octanol–water partition coefficient (Wildman–Crippen LogP) is 3.44. The van der Waals surface area contributed by atoms with Crippen molar-refractivity contribution in [1.29, 1.82) is 0 Å². The molecular formula is C21H22ClFN4O3S. The monoisotopic (exact) mass is 464 g/mol. The molecule has 1 unspecified atom stereocenters. The average molecular weight is 465 g/mol. The Kier molecular flexibility index (Phi) is 5.29. The first-order chi connectivity index (χ1) is 14.6. The number of nitrogens with zero attached hydrogens (tertiary/aromatic N) is 2. The first-order valence-electron chi connectivity index (χ1n) is 9.87. The number of aromatic nitrogens is 1. The van der Waals surface area contributed by atoms with Crippen LogP contribution in [-0.2, 0) is 15.4 Å². The summed E-state index contributed by atoms with van der Waals surface area (Å²) in [5, 5.41) is 3.03. The molecule has 3 N–H and O–H groups in total. The van der Waals surface area contributed by atoms with E-state index in [9.17, 15) is 17.6 Å². The van der Waals surface area contributed by atoms with Gasteiger partial charge >= 0.3 is 0 Å². The third-order valence-electron chi connectivity index (χ3n) is 6.08. The molecule has 0 saturated heterocycles. The average Bonchev–Trinajstić information content (AvgIpc) is 3.20. The van der Waals surface area contributed by atoms with Crippen molar-refractivity contribution in [3.63, 3.8) is 0 Å². The summed E-state index contributed by atoms with van der Waals surface area (Å²) in [4.78, 5) is 20.9. The second-order valence-corrected chi connectivity index (χ2v) is 11.0. The van der Waals surface area contributed by atoms with E-state index in [0.717, 1.165) is 12.8 Å². The largest absolute Gasteiger partial charge is 0.386 e. The summed E-state index contributed by atoms with van der Waals surface area (Å²) >= 11 is 5.79. The molecule has 4 rings (SSSR count). The Hall–Kier alpha value is -2.52. The minimum absolute atomic E-state index is 0.0398. The Morgan fingerprint density at radius 3 is 2.55 bits per heavy atom. The molecule has 1 aliphatic carbocycles. The highest BCUT2D eigenvalue weighted by atomic mass is 35.5. The molecule has 1 aliphatic heterocycles. The van der Waals surface area contributed by atoms with Crippen LogP contribution in [0.15, 0.2) is 41.5 Å². The van der Waals surface area contributed by atoms with Gasteiger partial charge in [-0.25, -0.2) is 17.8 Å². The van der Waals surface area contributed by atoms with Crippen LogP contribution in [0.25, 0.3) is 0 Å². The van der Waals surface area contributed by atoms with Gasteiger partial charge in [0, 0.05) is 17.4 Å². The van der Waals surface area contributed by atoms with E-state index in [1.807, 2.05) is 0 Å². The van der Waals surface area contributed by atoms with E-state index in [0.29, 0.717) is 17.9 Å². The number of benzene rings is 1. The van der Waals surface area contributed by atoms with Gasteiger partial charge in [0.15, 0.2) is 9.84 Å². The number of amides is 1. The van der Waals surface area contributed by atoms with Gasteiger partial charge in [0.05, 0.1) is 10.8 Å². The number of aliphatic imine (C=N–C) groups is 1. The summed E-state index contributed by atoms with van der Waals surface area (Å²) < 4.78 is 40.1. The molecule has 1 aromatic heterocycles. The van der Waals surface area contributed by atoms with Gasteiger partial charge in [-0.3, -0.25) is 9.79 Å². The van der Waals surface area contributed by atoms with Gasteiger partial charge in [-0.1, -0.05) is 24.4 Å². The Morgan fingerprint density at radius 1 is 1.23 bits per heavy atom. The summed E-state index contributed by atoms with van der Waals surface area (Å²) in [6.45, 7) is 1.55. The molecule has 1 fully saturated rings. The van der Waals surface area contributed by atoms with Crippen LogP contribution in [0, 0.1) is 5.82 Å². The molecule has 1 spiro atoms. The Labute approximate surface area is 184 Å². The Morgan fingerprint density at radius 2 is 1.94 bits per heavy atom. The molecule has 2 aromatic rings. The van der Waals surface area contributed by atoms with Crippen molar-refractivity contribution in [2.75, 3.05) is 11.1 Å². The number of pyridine rings is 1. The number of carbonyl (C=O) groups is 1. The standard InChI is InChI=1S/C21H22ClFN4O3S/c1-20(12-31(29,30)21(19(24)27-20)8-2-3-9-21)15-10-14(5-6-16(15)23)26-18(28)17-7-4-13(22)11-25-17/h4-7,10-11H,2-3,8-9,12H2,1H3,(H2,24,27)(H,26,28). The molecule has 0 bridgehead atoms. The maximum Gasteiger partial charge on any atom is 0.274 e. The van der Waals surface area contributed by atoms with Crippen molar-refractivity contribution in [2.45, 2.75) is 42.9 Å². The van der Waals surface area contributed by atoms with E-state index >= 15 is 0 Å². The second kappa shape index (κ2) is 7.56. The number of amidine groups is 1. The zero-order valence-corrected chi connectivity index (χ0v) is 18.4. The zero-order chi connectivity index (χ0) is 22.4. The minimum atomic E-state index is -3.66. The summed E-state index contributed by atoms with van der Waals surface area (Å²) in [5.41, 5.74) is 5.24. The van der Waals surface area contributed by atoms with Gasteiger partial charge in [-0.2, -0.15) is 0 Å². The summed E-state index contributed by atoms with van der Waals surface area (Å²) in [6.07, 6.45) is 3.75. The predicted molar refractivity (Wildman–Crippen MR) is 118 cm³/mol. The van der Waals surface area contributed by atoms with Crippen molar-refractivity contribution in [3.8, 4) is 0 Å². The van der Waals surface area contributed by atoms with Crippen molar-refractivity contribution in [2.24, 2.45) is 10.7 Å². The maximum absolute atomic E-state index is 14.8. The lowest BCUT2D eigenvalue weighted by Gasteiger charge is -2.39. The summed E-state index contributed by atoms with van der Waals surface area (Å²) in [6, 6.07) is 6.94. The molecule has 1 saturated carbocycles. The fourth-order valence-electron chi connectivity index (χ4n) is 4.44. The number of rotatable bonds is 3. The molecule has 2 heterocycles. The lowest BCUT2D eigenvalue weighted by Crippen LogP contribution is -2.56. The normalized spacial score (nSPS) is 24.0. The number of sulfone groups is 1. The fourth-order valence-corrected chi connectivity index (χ4v) is 7.06. The quantitative estimate of drug-likeness (QED) is 0.722. The molecule has 7 nitrogen and oxygen atoms in total. The number of anilines is 1. The number of nitrogens with two attached hydrogens (primary N) is 1. The molecule has 2 aliphatic rings. The molecule has 10 heteroatoms. The molecular weight excluding hydrogens is 443 g/mol. The molecule has 1 atom stereocenters. The number of nitrogens with one attached hydrogen (secondary N) is 1. The minimum Gasteiger partial charge on any atom is -0.386 e. The van der Waals surface area contributed by atoms with Crippen LogP contribution in [-0.4, -0.2) is 35.6 Å². The van der Waals surface area contributed by atoms with Gasteiger partial charge in [0.25, 0.3) is 5.91 Å². The van der Waals surface area contributed by atoms with Gasteiger partial charge in [-0.15, -0.1) is 0 Å². The van der Waals surface area contributed by atoms with Crippen LogP contribution in [0.3, 0.4) is 0 Å².